The van der Waals surface area contributed by atoms with Crippen LogP contribution >= 0.6 is 0 Å². The van der Waals surface area contributed by atoms with Gasteiger partial charge in [0.1, 0.15) is 5.54 Å². The first-order valence-electron chi connectivity index (χ1n) is 7.16. The summed E-state index contributed by atoms with van der Waals surface area (Å²) in [6.45, 7) is 5.53. The van der Waals surface area contributed by atoms with Crippen LogP contribution in [0.15, 0.2) is 0 Å². The zero-order chi connectivity index (χ0) is 14.8. The van der Waals surface area contributed by atoms with Crippen LogP contribution < -0.4 is 10.6 Å². The minimum absolute atomic E-state index is 0.105. The van der Waals surface area contributed by atoms with Crippen LogP contribution in [0.1, 0.15) is 39.5 Å². The molecule has 3 amide bonds. The van der Waals surface area contributed by atoms with Crippen molar-refractivity contribution >= 4 is 11.9 Å². The Labute approximate surface area is 119 Å². The van der Waals surface area contributed by atoms with Gasteiger partial charge in [-0.2, -0.15) is 5.26 Å². The molecule has 0 aromatic carbocycles. The lowest BCUT2D eigenvalue weighted by Crippen LogP contribution is -2.48. The maximum absolute atomic E-state index is 12.3. The van der Waals surface area contributed by atoms with E-state index >= 15 is 0 Å². The summed E-state index contributed by atoms with van der Waals surface area (Å²) < 4.78 is 0. The third-order valence-electron chi connectivity index (χ3n) is 4.14. The van der Waals surface area contributed by atoms with Crippen LogP contribution in [0, 0.1) is 16.7 Å². The summed E-state index contributed by atoms with van der Waals surface area (Å²) in [5, 5.41) is 14.9. The zero-order valence-electron chi connectivity index (χ0n) is 12.2. The highest BCUT2D eigenvalue weighted by Gasteiger charge is 2.52. The molecule has 0 bridgehead atoms. The van der Waals surface area contributed by atoms with Gasteiger partial charge in [-0.15, -0.1) is 0 Å². The average Bonchev–Trinajstić information content (AvgIpc) is 2.95. The molecule has 20 heavy (non-hydrogen) atoms. The molecular formula is C14H22N4O2. The Kier molecular flexibility index (Phi) is 4.00. The number of amides is 3. The molecule has 1 unspecified atom stereocenters. The van der Waals surface area contributed by atoms with Gasteiger partial charge in [-0.3, -0.25) is 9.69 Å². The van der Waals surface area contributed by atoms with Crippen LogP contribution in [0.4, 0.5) is 4.79 Å². The van der Waals surface area contributed by atoms with Crippen LogP contribution in [0.25, 0.3) is 0 Å². The van der Waals surface area contributed by atoms with E-state index in [9.17, 15) is 9.59 Å². The standard InChI is InChI=1S/C14H22N4O2/c1-13(2,9-15)5-3-4-8-18-11(19)14(17-12(18)20)6-7-16-10-14/h16H,3-8,10H2,1-2H3,(H,17,20). The maximum atomic E-state index is 12.3. The van der Waals surface area contributed by atoms with E-state index < -0.39 is 5.54 Å². The molecule has 2 N–H and O–H groups in total. The number of hydrogen-bond donors (Lipinski definition) is 2. The maximum Gasteiger partial charge on any atom is 0.325 e. The Morgan fingerprint density at radius 3 is 2.75 bits per heavy atom. The number of nitriles is 1. The number of unbranched alkanes of at least 4 members (excludes halogenated alkanes) is 1. The van der Waals surface area contributed by atoms with Crippen molar-refractivity contribution in [3.8, 4) is 6.07 Å². The van der Waals surface area contributed by atoms with Crippen molar-refractivity contribution in [3.63, 3.8) is 0 Å². The fraction of sp³-hybridized carbons (Fsp3) is 0.786. The molecule has 2 aliphatic rings. The smallest absolute Gasteiger partial charge is 0.322 e. The molecule has 2 aliphatic heterocycles. The highest BCUT2D eigenvalue weighted by atomic mass is 16.2. The molecular weight excluding hydrogens is 256 g/mol. The molecule has 2 rings (SSSR count). The van der Waals surface area contributed by atoms with Crippen molar-refractivity contribution in [1.82, 2.24) is 15.5 Å². The van der Waals surface area contributed by atoms with E-state index in [-0.39, 0.29) is 17.4 Å². The number of nitrogens with one attached hydrogen (secondary N) is 2. The Bertz CT molecular complexity index is 447. The van der Waals surface area contributed by atoms with E-state index in [1.165, 1.54) is 4.90 Å². The SMILES string of the molecule is CC(C)(C#N)CCCCN1C(=O)NC2(CCNC2)C1=O. The van der Waals surface area contributed by atoms with E-state index in [1.54, 1.807) is 0 Å². The lowest BCUT2D eigenvalue weighted by Gasteiger charge is -2.19. The molecule has 2 fully saturated rings. The predicted octanol–water partition coefficient (Wildman–Crippen LogP) is 0.990. The van der Waals surface area contributed by atoms with Crippen LogP contribution in [-0.2, 0) is 4.79 Å². The van der Waals surface area contributed by atoms with Crippen molar-refractivity contribution in [2.24, 2.45) is 5.41 Å². The minimum Gasteiger partial charge on any atom is -0.322 e. The summed E-state index contributed by atoms with van der Waals surface area (Å²) in [5.41, 5.74) is -1.04. The fourth-order valence-corrected chi connectivity index (χ4v) is 2.75. The van der Waals surface area contributed by atoms with Gasteiger partial charge in [0.25, 0.3) is 5.91 Å². The second-order valence-electron chi connectivity index (χ2n) is 6.35. The van der Waals surface area contributed by atoms with E-state index in [2.05, 4.69) is 16.7 Å². The fourth-order valence-electron chi connectivity index (χ4n) is 2.75. The minimum atomic E-state index is -0.705. The first-order chi connectivity index (χ1) is 9.40. The molecule has 0 aromatic heterocycles. The summed E-state index contributed by atoms with van der Waals surface area (Å²) in [4.78, 5) is 25.6. The van der Waals surface area contributed by atoms with Gasteiger partial charge in [-0.1, -0.05) is 6.42 Å². The second-order valence-corrected chi connectivity index (χ2v) is 6.35. The van der Waals surface area contributed by atoms with Gasteiger partial charge >= 0.3 is 6.03 Å². The molecule has 1 spiro atoms. The number of carbonyl (C=O) groups is 2. The third kappa shape index (κ3) is 2.78. The normalized spacial score (nSPS) is 26.1. The van der Waals surface area contributed by atoms with Crippen molar-refractivity contribution < 1.29 is 9.59 Å². The van der Waals surface area contributed by atoms with Crippen LogP contribution in [0.5, 0.6) is 0 Å². The quantitative estimate of drug-likeness (QED) is 0.580. The molecule has 1 atom stereocenters. The molecule has 2 saturated heterocycles. The summed E-state index contributed by atoms with van der Waals surface area (Å²) in [5.74, 6) is -0.105. The third-order valence-corrected chi connectivity index (χ3v) is 4.14. The summed E-state index contributed by atoms with van der Waals surface area (Å²) >= 11 is 0. The number of urea groups is 1. The Morgan fingerprint density at radius 2 is 2.15 bits per heavy atom. The lowest BCUT2D eigenvalue weighted by atomic mass is 9.89. The number of rotatable bonds is 5. The molecule has 0 aromatic rings. The lowest BCUT2D eigenvalue weighted by molar-refractivity contribution is -0.130. The zero-order valence-corrected chi connectivity index (χ0v) is 12.2. The van der Waals surface area contributed by atoms with Crippen LogP contribution in [0.2, 0.25) is 0 Å². The molecule has 0 aliphatic carbocycles. The van der Waals surface area contributed by atoms with E-state index in [1.807, 2.05) is 13.8 Å². The van der Waals surface area contributed by atoms with Gasteiger partial charge in [0, 0.05) is 13.1 Å². The summed E-state index contributed by atoms with van der Waals surface area (Å²) in [6.07, 6.45) is 3.02. The topological polar surface area (TPSA) is 85.2 Å². The Balaban J connectivity index is 1.83. The highest BCUT2D eigenvalue weighted by molar-refractivity contribution is 6.07. The predicted molar refractivity (Wildman–Crippen MR) is 73.7 cm³/mol. The van der Waals surface area contributed by atoms with Crippen LogP contribution in [0.3, 0.4) is 0 Å². The van der Waals surface area contributed by atoms with Crippen molar-refractivity contribution in [2.75, 3.05) is 19.6 Å². The summed E-state index contributed by atoms with van der Waals surface area (Å²) in [7, 11) is 0. The number of carbonyl (C=O) groups excluding carboxylic acids is 2. The van der Waals surface area contributed by atoms with Crippen molar-refractivity contribution in [1.29, 1.82) is 5.26 Å². The molecule has 110 valence electrons. The molecule has 2 heterocycles. The molecule has 0 saturated carbocycles. The Hall–Kier alpha value is -1.61. The van der Waals surface area contributed by atoms with E-state index in [0.29, 0.717) is 19.5 Å². The number of nitrogens with zero attached hydrogens (tertiary/aromatic N) is 2. The molecule has 0 radical (unpaired) electrons. The van der Waals surface area contributed by atoms with Gasteiger partial charge in [-0.05, 0) is 39.7 Å². The number of imide groups is 1. The monoisotopic (exact) mass is 278 g/mol. The van der Waals surface area contributed by atoms with Gasteiger partial charge in [-0.25, -0.2) is 4.79 Å². The largest absolute Gasteiger partial charge is 0.325 e. The summed E-state index contributed by atoms with van der Waals surface area (Å²) in [6, 6.07) is 1.98. The Morgan fingerprint density at radius 1 is 1.40 bits per heavy atom. The van der Waals surface area contributed by atoms with Crippen molar-refractivity contribution in [3.05, 3.63) is 0 Å². The van der Waals surface area contributed by atoms with E-state index in [4.69, 9.17) is 5.26 Å². The first kappa shape index (κ1) is 14.8. The van der Waals surface area contributed by atoms with Gasteiger partial charge in [0.05, 0.1) is 11.5 Å². The van der Waals surface area contributed by atoms with Gasteiger partial charge in [0.2, 0.25) is 0 Å². The number of hydrogen-bond acceptors (Lipinski definition) is 4. The van der Waals surface area contributed by atoms with Gasteiger partial charge < -0.3 is 10.6 Å². The molecule has 6 nitrogen and oxygen atoms in total. The first-order valence-corrected chi connectivity index (χ1v) is 7.16. The van der Waals surface area contributed by atoms with Crippen LogP contribution in [-0.4, -0.2) is 42.0 Å². The average molecular weight is 278 g/mol. The van der Waals surface area contributed by atoms with Gasteiger partial charge in [0.15, 0.2) is 0 Å². The van der Waals surface area contributed by atoms with Crippen molar-refractivity contribution in [2.45, 2.75) is 45.1 Å². The molecule has 6 heteroatoms. The highest BCUT2D eigenvalue weighted by Crippen LogP contribution is 2.26. The van der Waals surface area contributed by atoms with E-state index in [0.717, 1.165) is 25.8 Å². The second kappa shape index (κ2) is 5.41.